The Balaban J connectivity index is 1.77. The topological polar surface area (TPSA) is 26.8 Å². The van der Waals surface area contributed by atoms with Crippen LogP contribution in [0.25, 0.3) is 0 Å². The molecule has 0 saturated carbocycles. The van der Waals surface area contributed by atoms with Gasteiger partial charge in [-0.15, -0.1) is 0 Å². The summed E-state index contributed by atoms with van der Waals surface area (Å²) in [5.41, 5.74) is 0. The lowest BCUT2D eigenvalue weighted by Crippen LogP contribution is -2.55. The summed E-state index contributed by atoms with van der Waals surface area (Å²) >= 11 is 0. The fraction of sp³-hybridized carbons (Fsp3) is 0.944. The summed E-state index contributed by atoms with van der Waals surface area (Å²) in [5, 5.41) is 0. The van der Waals surface area contributed by atoms with Gasteiger partial charge in [-0.2, -0.15) is 0 Å². The van der Waals surface area contributed by atoms with Crippen molar-refractivity contribution in [1.82, 2.24) is 14.7 Å². The average molecular weight is 309 g/mol. The summed E-state index contributed by atoms with van der Waals surface area (Å²) in [7, 11) is 0. The van der Waals surface area contributed by atoms with Crippen LogP contribution in [0.3, 0.4) is 0 Å². The molecule has 0 aromatic carbocycles. The number of likely N-dealkylation sites (tertiary alicyclic amines) is 1. The van der Waals surface area contributed by atoms with Crippen molar-refractivity contribution in [3.63, 3.8) is 0 Å². The average Bonchev–Trinajstić information content (AvgIpc) is 2.49. The third-order valence-corrected chi connectivity index (χ3v) is 5.44. The number of piperidine rings is 1. The standard InChI is InChI=1S/C18H35N3O/c1-14(2)18(22)21-11-10-20(16(5)12-21)13-17-6-8-19(9-7-17)15(3)4/h14-17H,6-13H2,1-5H3/t16-/m0/s1. The predicted molar refractivity (Wildman–Crippen MR) is 91.9 cm³/mol. The second-order valence-corrected chi connectivity index (χ2v) is 7.86. The molecule has 1 atom stereocenters. The van der Waals surface area contributed by atoms with E-state index in [4.69, 9.17) is 0 Å². The van der Waals surface area contributed by atoms with Gasteiger partial charge < -0.3 is 9.80 Å². The van der Waals surface area contributed by atoms with Gasteiger partial charge >= 0.3 is 0 Å². The first-order valence-electron chi connectivity index (χ1n) is 9.15. The normalized spacial score (nSPS) is 26.1. The first kappa shape index (κ1) is 17.7. The molecule has 128 valence electrons. The van der Waals surface area contributed by atoms with E-state index in [2.05, 4.69) is 35.5 Å². The van der Waals surface area contributed by atoms with E-state index in [0.29, 0.717) is 18.0 Å². The van der Waals surface area contributed by atoms with Gasteiger partial charge in [0.05, 0.1) is 0 Å². The van der Waals surface area contributed by atoms with Crippen LogP contribution in [-0.2, 0) is 4.79 Å². The van der Waals surface area contributed by atoms with Crippen molar-refractivity contribution < 1.29 is 4.79 Å². The molecule has 2 saturated heterocycles. The van der Waals surface area contributed by atoms with Crippen molar-refractivity contribution in [2.45, 2.75) is 59.5 Å². The Morgan fingerprint density at radius 1 is 1.05 bits per heavy atom. The number of rotatable bonds is 4. The highest BCUT2D eigenvalue weighted by molar-refractivity contribution is 5.78. The van der Waals surface area contributed by atoms with Gasteiger partial charge in [-0.25, -0.2) is 0 Å². The van der Waals surface area contributed by atoms with E-state index in [-0.39, 0.29) is 5.92 Å². The third kappa shape index (κ3) is 4.45. The summed E-state index contributed by atoms with van der Waals surface area (Å²) in [4.78, 5) is 19.4. The van der Waals surface area contributed by atoms with Crippen LogP contribution in [0.15, 0.2) is 0 Å². The van der Waals surface area contributed by atoms with Gasteiger partial charge in [0, 0.05) is 44.2 Å². The summed E-state index contributed by atoms with van der Waals surface area (Å²) in [6, 6.07) is 1.19. The van der Waals surface area contributed by atoms with E-state index in [0.717, 1.165) is 25.6 Å². The summed E-state index contributed by atoms with van der Waals surface area (Å²) in [6.45, 7) is 17.5. The summed E-state index contributed by atoms with van der Waals surface area (Å²) in [5.74, 6) is 1.28. The molecule has 0 N–H and O–H groups in total. The molecule has 2 heterocycles. The van der Waals surface area contributed by atoms with Gasteiger partial charge in [-0.3, -0.25) is 9.69 Å². The fourth-order valence-electron chi connectivity index (χ4n) is 3.82. The van der Waals surface area contributed by atoms with Gasteiger partial charge in [0.15, 0.2) is 0 Å². The SMILES string of the molecule is CC(C)C(=O)N1CCN(CC2CCN(C(C)C)CC2)[C@@H](C)C1. The first-order valence-corrected chi connectivity index (χ1v) is 9.15. The molecular weight excluding hydrogens is 274 g/mol. The fourth-order valence-corrected chi connectivity index (χ4v) is 3.82. The second-order valence-electron chi connectivity index (χ2n) is 7.86. The van der Waals surface area contributed by atoms with Crippen LogP contribution in [0.2, 0.25) is 0 Å². The Hall–Kier alpha value is -0.610. The number of hydrogen-bond acceptors (Lipinski definition) is 3. The van der Waals surface area contributed by atoms with E-state index >= 15 is 0 Å². The lowest BCUT2D eigenvalue weighted by Gasteiger charge is -2.43. The molecule has 0 bridgehead atoms. The first-order chi connectivity index (χ1) is 10.4. The molecule has 4 nitrogen and oxygen atoms in total. The maximum atomic E-state index is 12.1. The molecule has 4 heteroatoms. The van der Waals surface area contributed by atoms with Crippen LogP contribution >= 0.6 is 0 Å². The van der Waals surface area contributed by atoms with Gasteiger partial charge in [0.1, 0.15) is 0 Å². The zero-order chi connectivity index (χ0) is 16.3. The van der Waals surface area contributed by atoms with E-state index in [1.54, 1.807) is 0 Å². The lowest BCUT2D eigenvalue weighted by molar-refractivity contribution is -0.137. The maximum Gasteiger partial charge on any atom is 0.225 e. The van der Waals surface area contributed by atoms with Crippen molar-refractivity contribution >= 4 is 5.91 Å². The largest absolute Gasteiger partial charge is 0.340 e. The number of amides is 1. The molecule has 0 aromatic rings. The molecule has 2 rings (SSSR count). The molecule has 0 radical (unpaired) electrons. The van der Waals surface area contributed by atoms with Crippen LogP contribution in [0.5, 0.6) is 0 Å². The number of carbonyl (C=O) groups is 1. The molecule has 0 spiro atoms. The third-order valence-electron chi connectivity index (χ3n) is 5.44. The van der Waals surface area contributed by atoms with Crippen LogP contribution in [0.4, 0.5) is 0 Å². The molecule has 1 amide bonds. The number of nitrogens with zero attached hydrogens (tertiary/aromatic N) is 3. The Bertz CT molecular complexity index is 361. The Morgan fingerprint density at radius 2 is 1.68 bits per heavy atom. The van der Waals surface area contributed by atoms with Crippen molar-refractivity contribution in [3.05, 3.63) is 0 Å². The highest BCUT2D eigenvalue weighted by Crippen LogP contribution is 2.22. The summed E-state index contributed by atoms with van der Waals surface area (Å²) in [6.07, 6.45) is 2.66. The molecule has 2 aliphatic rings. The second kappa shape index (κ2) is 7.78. The molecule has 0 unspecified atom stereocenters. The van der Waals surface area contributed by atoms with Crippen LogP contribution in [-0.4, -0.2) is 72.0 Å². The zero-order valence-corrected chi connectivity index (χ0v) is 15.2. The van der Waals surface area contributed by atoms with E-state index < -0.39 is 0 Å². The molecule has 0 aromatic heterocycles. The maximum absolute atomic E-state index is 12.1. The Kier molecular flexibility index (Phi) is 6.27. The van der Waals surface area contributed by atoms with E-state index in [9.17, 15) is 4.79 Å². The minimum Gasteiger partial charge on any atom is -0.340 e. The minimum atomic E-state index is 0.124. The Labute approximate surface area is 136 Å². The molecule has 2 aliphatic heterocycles. The number of piperazine rings is 1. The summed E-state index contributed by atoms with van der Waals surface area (Å²) < 4.78 is 0. The van der Waals surface area contributed by atoms with Crippen molar-refractivity contribution in [3.8, 4) is 0 Å². The van der Waals surface area contributed by atoms with Gasteiger partial charge in [0.2, 0.25) is 5.91 Å². The van der Waals surface area contributed by atoms with Gasteiger partial charge in [-0.05, 0) is 52.6 Å². The Morgan fingerprint density at radius 3 is 2.18 bits per heavy atom. The van der Waals surface area contributed by atoms with Crippen LogP contribution in [0.1, 0.15) is 47.5 Å². The highest BCUT2D eigenvalue weighted by atomic mass is 16.2. The van der Waals surface area contributed by atoms with E-state index in [1.807, 2.05) is 13.8 Å². The van der Waals surface area contributed by atoms with Gasteiger partial charge in [-0.1, -0.05) is 13.8 Å². The van der Waals surface area contributed by atoms with Gasteiger partial charge in [0.25, 0.3) is 0 Å². The van der Waals surface area contributed by atoms with Crippen molar-refractivity contribution in [1.29, 1.82) is 0 Å². The molecule has 22 heavy (non-hydrogen) atoms. The minimum absolute atomic E-state index is 0.124. The lowest BCUT2D eigenvalue weighted by atomic mass is 9.94. The quantitative estimate of drug-likeness (QED) is 0.797. The van der Waals surface area contributed by atoms with Crippen LogP contribution < -0.4 is 0 Å². The smallest absolute Gasteiger partial charge is 0.225 e. The van der Waals surface area contributed by atoms with Crippen molar-refractivity contribution in [2.75, 3.05) is 39.3 Å². The van der Waals surface area contributed by atoms with E-state index in [1.165, 1.54) is 32.5 Å². The number of hydrogen-bond donors (Lipinski definition) is 0. The highest BCUT2D eigenvalue weighted by Gasteiger charge is 2.30. The predicted octanol–water partition coefficient (Wildman–Crippen LogP) is 2.30. The molecular formula is C18H35N3O. The van der Waals surface area contributed by atoms with Crippen molar-refractivity contribution in [2.24, 2.45) is 11.8 Å². The number of carbonyl (C=O) groups excluding carboxylic acids is 1. The zero-order valence-electron chi connectivity index (χ0n) is 15.2. The monoisotopic (exact) mass is 309 g/mol. The molecule has 0 aliphatic carbocycles. The molecule has 2 fully saturated rings. The van der Waals surface area contributed by atoms with Crippen LogP contribution in [0, 0.1) is 11.8 Å².